The van der Waals surface area contributed by atoms with Crippen molar-refractivity contribution >= 4 is 15.9 Å². The zero-order valence-corrected chi connectivity index (χ0v) is 17.1. The molecule has 0 radical (unpaired) electrons. The summed E-state index contributed by atoms with van der Waals surface area (Å²) in [6.45, 7) is 3.97. The van der Waals surface area contributed by atoms with E-state index in [2.05, 4.69) is 83.2 Å². The highest BCUT2D eigenvalue weighted by atomic mass is 79.9. The summed E-state index contributed by atoms with van der Waals surface area (Å²) in [5.41, 5.74) is 4.51. The molecule has 4 aromatic rings. The molecule has 0 amide bonds. The zero-order valence-electron chi connectivity index (χ0n) is 15.5. The maximum atomic E-state index is 6.56. The van der Waals surface area contributed by atoms with Gasteiger partial charge in [-0.25, -0.2) is 0 Å². The van der Waals surface area contributed by atoms with Crippen molar-refractivity contribution in [1.82, 2.24) is 0 Å². The van der Waals surface area contributed by atoms with Crippen molar-refractivity contribution in [3.63, 3.8) is 0 Å². The van der Waals surface area contributed by atoms with Gasteiger partial charge in [0.25, 0.3) is 0 Å². The summed E-state index contributed by atoms with van der Waals surface area (Å²) in [6.07, 6.45) is 2.76. The monoisotopic (exact) mass is 428 g/mol. The molecule has 0 spiro atoms. The molecule has 0 saturated carbocycles. The van der Waals surface area contributed by atoms with E-state index in [0.29, 0.717) is 0 Å². The Balaban J connectivity index is 1.94. The number of allylic oxidation sites excluding steroid dienone is 1. The van der Waals surface area contributed by atoms with E-state index in [-0.39, 0.29) is 5.92 Å². The van der Waals surface area contributed by atoms with Crippen molar-refractivity contribution in [3.8, 4) is 22.5 Å². The van der Waals surface area contributed by atoms with Crippen LogP contribution >= 0.6 is 15.9 Å². The molecule has 138 valence electrons. The van der Waals surface area contributed by atoms with Gasteiger partial charge in [0.05, 0.1) is 4.47 Å². The molecular weight excluding hydrogens is 408 g/mol. The van der Waals surface area contributed by atoms with Gasteiger partial charge in [0, 0.05) is 17.0 Å². The third-order valence-electron chi connectivity index (χ3n) is 4.89. The Hall–Kier alpha value is -2.84. The van der Waals surface area contributed by atoms with E-state index in [1.54, 1.807) is 0 Å². The summed E-state index contributed by atoms with van der Waals surface area (Å²) < 4.78 is 7.57. The number of hydrogen-bond acceptors (Lipinski definition) is 1. The van der Waals surface area contributed by atoms with Gasteiger partial charge in [-0.1, -0.05) is 97.1 Å². The minimum absolute atomic E-state index is 0.105. The normalized spacial score (nSPS) is 11.9. The molecule has 28 heavy (non-hydrogen) atoms. The molecule has 1 atom stereocenters. The third-order valence-corrected chi connectivity index (χ3v) is 5.68. The molecule has 3 aromatic carbocycles. The van der Waals surface area contributed by atoms with Gasteiger partial charge in [-0.05, 0) is 33.5 Å². The number of benzene rings is 3. The van der Waals surface area contributed by atoms with Gasteiger partial charge < -0.3 is 4.42 Å². The molecule has 4 rings (SSSR count). The second-order valence-corrected chi connectivity index (χ2v) is 7.50. The van der Waals surface area contributed by atoms with E-state index in [1.165, 1.54) is 5.56 Å². The van der Waals surface area contributed by atoms with E-state index in [4.69, 9.17) is 4.42 Å². The van der Waals surface area contributed by atoms with Crippen molar-refractivity contribution in [2.75, 3.05) is 0 Å². The topological polar surface area (TPSA) is 13.1 Å². The van der Waals surface area contributed by atoms with E-state index in [1.807, 2.05) is 36.4 Å². The first-order valence-corrected chi connectivity index (χ1v) is 10.2. The van der Waals surface area contributed by atoms with Crippen molar-refractivity contribution in [3.05, 3.63) is 119 Å². The molecule has 0 saturated heterocycles. The zero-order chi connectivity index (χ0) is 19.3. The second kappa shape index (κ2) is 8.45. The Morgan fingerprint density at radius 1 is 0.786 bits per heavy atom. The van der Waals surface area contributed by atoms with Gasteiger partial charge in [0.2, 0.25) is 0 Å². The van der Waals surface area contributed by atoms with Crippen molar-refractivity contribution in [2.24, 2.45) is 0 Å². The van der Waals surface area contributed by atoms with Gasteiger partial charge in [-0.3, -0.25) is 0 Å². The number of hydrogen-bond donors (Lipinski definition) is 0. The number of furan rings is 1. The molecule has 0 aliphatic rings. The van der Waals surface area contributed by atoms with Crippen molar-refractivity contribution < 1.29 is 4.42 Å². The van der Waals surface area contributed by atoms with Crippen LogP contribution < -0.4 is 0 Å². The fourth-order valence-corrected chi connectivity index (χ4v) is 4.32. The summed E-state index contributed by atoms with van der Waals surface area (Å²) in [5.74, 6) is 1.93. The molecule has 0 fully saturated rings. The molecule has 0 N–H and O–H groups in total. The summed E-state index contributed by atoms with van der Waals surface area (Å²) in [5, 5.41) is 0. The summed E-state index contributed by atoms with van der Waals surface area (Å²) >= 11 is 3.88. The number of rotatable bonds is 6. The van der Waals surface area contributed by atoms with Crippen LogP contribution in [-0.2, 0) is 0 Å². The molecule has 0 bridgehead atoms. The van der Waals surface area contributed by atoms with Gasteiger partial charge in [0.15, 0.2) is 0 Å². The first kappa shape index (κ1) is 18.5. The Bertz CT molecular complexity index is 1050. The molecule has 0 aliphatic heterocycles. The van der Waals surface area contributed by atoms with Crippen LogP contribution in [-0.4, -0.2) is 0 Å². The predicted octanol–water partition coefficient (Wildman–Crippen LogP) is 8.08. The molecule has 1 nitrogen and oxygen atoms in total. The Morgan fingerprint density at radius 3 is 1.89 bits per heavy atom. The summed E-state index contributed by atoms with van der Waals surface area (Å²) in [4.78, 5) is 0. The predicted molar refractivity (Wildman–Crippen MR) is 120 cm³/mol. The summed E-state index contributed by atoms with van der Waals surface area (Å²) in [7, 11) is 0. The minimum atomic E-state index is 0.105. The van der Waals surface area contributed by atoms with Crippen LogP contribution in [0.5, 0.6) is 0 Å². The lowest BCUT2D eigenvalue weighted by Gasteiger charge is -2.14. The highest BCUT2D eigenvalue weighted by Gasteiger charge is 2.26. The fourth-order valence-electron chi connectivity index (χ4n) is 3.55. The van der Waals surface area contributed by atoms with E-state index in [9.17, 15) is 0 Å². The van der Waals surface area contributed by atoms with Gasteiger partial charge in [-0.15, -0.1) is 6.58 Å². The maximum Gasteiger partial charge on any atom is 0.143 e. The average Bonchev–Trinajstić information content (AvgIpc) is 3.11. The van der Waals surface area contributed by atoms with Crippen LogP contribution in [0.3, 0.4) is 0 Å². The van der Waals surface area contributed by atoms with Crippen LogP contribution in [0.4, 0.5) is 0 Å². The molecule has 2 heteroatoms. The Kier molecular flexibility index (Phi) is 5.59. The van der Waals surface area contributed by atoms with Gasteiger partial charge in [0.1, 0.15) is 11.5 Å². The molecular formula is C26H21BrO. The standard InChI is InChI=1S/C26H21BrO/c1-2-12-22(19-13-6-3-7-14-19)26-24(27)23(20-15-8-4-9-16-20)25(28-26)21-17-10-5-11-18-21/h2-11,13-18,22H,1,12H2. The van der Waals surface area contributed by atoms with Crippen LogP contribution in [0, 0.1) is 0 Å². The highest BCUT2D eigenvalue weighted by molar-refractivity contribution is 9.10. The highest BCUT2D eigenvalue weighted by Crippen LogP contribution is 2.46. The summed E-state index contributed by atoms with van der Waals surface area (Å²) in [6, 6.07) is 31.1. The SMILES string of the molecule is C=CCC(c1ccccc1)c1oc(-c2ccccc2)c(-c2ccccc2)c1Br. The first-order valence-electron chi connectivity index (χ1n) is 9.38. The fraction of sp³-hybridized carbons (Fsp3) is 0.0769. The maximum absolute atomic E-state index is 6.56. The second-order valence-electron chi connectivity index (χ2n) is 6.70. The quantitative estimate of drug-likeness (QED) is 0.282. The van der Waals surface area contributed by atoms with Crippen molar-refractivity contribution in [2.45, 2.75) is 12.3 Å². The van der Waals surface area contributed by atoms with Crippen LogP contribution in [0.2, 0.25) is 0 Å². The third kappa shape index (κ3) is 3.61. The Morgan fingerprint density at radius 2 is 1.32 bits per heavy atom. The van der Waals surface area contributed by atoms with E-state index >= 15 is 0 Å². The lowest BCUT2D eigenvalue weighted by Crippen LogP contribution is -1.99. The smallest absolute Gasteiger partial charge is 0.143 e. The molecule has 0 aliphatic carbocycles. The Labute approximate surface area is 174 Å². The average molecular weight is 429 g/mol. The minimum Gasteiger partial charge on any atom is -0.459 e. The van der Waals surface area contributed by atoms with Crippen LogP contribution in [0.15, 0.2) is 113 Å². The van der Waals surface area contributed by atoms with Gasteiger partial charge >= 0.3 is 0 Å². The molecule has 1 heterocycles. The van der Waals surface area contributed by atoms with Crippen LogP contribution in [0.1, 0.15) is 23.7 Å². The van der Waals surface area contributed by atoms with Crippen LogP contribution in [0.25, 0.3) is 22.5 Å². The molecule has 1 aromatic heterocycles. The van der Waals surface area contributed by atoms with Gasteiger partial charge in [-0.2, -0.15) is 0 Å². The largest absolute Gasteiger partial charge is 0.459 e. The van der Waals surface area contributed by atoms with Crippen molar-refractivity contribution in [1.29, 1.82) is 0 Å². The molecule has 1 unspecified atom stereocenters. The first-order chi connectivity index (χ1) is 13.8. The van der Waals surface area contributed by atoms with E-state index in [0.717, 1.165) is 39.1 Å². The number of halogens is 1. The lowest BCUT2D eigenvalue weighted by atomic mass is 9.92. The van der Waals surface area contributed by atoms with E-state index < -0.39 is 0 Å². The lowest BCUT2D eigenvalue weighted by molar-refractivity contribution is 0.495.